The highest BCUT2D eigenvalue weighted by molar-refractivity contribution is 9.10. The Morgan fingerprint density at radius 3 is 2.68 bits per heavy atom. The topological polar surface area (TPSA) is 38.3 Å². The van der Waals surface area contributed by atoms with Crippen LogP contribution in [0.5, 0.6) is 0 Å². The van der Waals surface area contributed by atoms with Gasteiger partial charge in [0.25, 0.3) is 0 Å². The molecule has 0 amide bonds. The van der Waals surface area contributed by atoms with Gasteiger partial charge in [-0.3, -0.25) is 0 Å². The molecule has 1 aliphatic rings. The van der Waals surface area contributed by atoms with E-state index in [9.17, 15) is 4.79 Å². The van der Waals surface area contributed by atoms with Crippen LogP contribution in [-0.4, -0.2) is 18.6 Å². The van der Waals surface area contributed by atoms with Gasteiger partial charge < -0.3 is 10.1 Å². The number of hydrogen-bond donors (Lipinski definition) is 1. The van der Waals surface area contributed by atoms with Gasteiger partial charge in [0.2, 0.25) is 0 Å². The first-order valence-electron chi connectivity index (χ1n) is 6.59. The quantitative estimate of drug-likeness (QED) is 0.855. The first-order chi connectivity index (χ1) is 8.97. The molecule has 19 heavy (non-hydrogen) atoms. The summed E-state index contributed by atoms with van der Waals surface area (Å²) in [5.41, 5.74) is 0.395. The Hall–Kier alpha value is -1.03. The number of benzene rings is 1. The van der Waals surface area contributed by atoms with Gasteiger partial charge in [-0.2, -0.15) is 0 Å². The van der Waals surface area contributed by atoms with Gasteiger partial charge in [-0.1, -0.05) is 35.8 Å². The minimum Gasteiger partial charge on any atom is -0.467 e. The third kappa shape index (κ3) is 2.94. The Labute approximate surface area is 122 Å². The van der Waals surface area contributed by atoms with Crippen LogP contribution in [-0.2, 0) is 9.53 Å². The largest absolute Gasteiger partial charge is 0.467 e. The van der Waals surface area contributed by atoms with E-state index in [-0.39, 0.29) is 5.97 Å². The van der Waals surface area contributed by atoms with Crippen LogP contribution in [0.1, 0.15) is 26.7 Å². The van der Waals surface area contributed by atoms with Crippen LogP contribution in [0.2, 0.25) is 0 Å². The Bertz CT molecular complexity index is 467. The molecule has 1 aromatic carbocycles. The highest BCUT2D eigenvalue weighted by Gasteiger charge is 2.51. The van der Waals surface area contributed by atoms with Crippen LogP contribution >= 0.6 is 15.9 Å². The number of rotatable bonds is 4. The van der Waals surface area contributed by atoms with Crippen molar-refractivity contribution in [3.05, 3.63) is 28.7 Å². The van der Waals surface area contributed by atoms with Crippen LogP contribution in [0.4, 0.5) is 5.69 Å². The zero-order valence-corrected chi connectivity index (χ0v) is 13.2. The lowest BCUT2D eigenvalue weighted by atomic mass is 9.64. The lowest BCUT2D eigenvalue weighted by Crippen LogP contribution is -2.58. The van der Waals surface area contributed by atoms with Gasteiger partial charge in [-0.25, -0.2) is 4.79 Å². The van der Waals surface area contributed by atoms with E-state index < -0.39 is 5.54 Å². The summed E-state index contributed by atoms with van der Waals surface area (Å²) in [6.45, 7) is 4.40. The van der Waals surface area contributed by atoms with E-state index in [1.54, 1.807) is 0 Å². The molecule has 0 atom stereocenters. The van der Waals surface area contributed by atoms with E-state index in [0.717, 1.165) is 23.0 Å². The lowest BCUT2D eigenvalue weighted by Gasteiger charge is -2.48. The van der Waals surface area contributed by atoms with Gasteiger partial charge in [-0.15, -0.1) is 0 Å². The fraction of sp³-hybridized carbons (Fsp3) is 0.533. The second-order valence-electron chi connectivity index (χ2n) is 5.62. The average molecular weight is 326 g/mol. The van der Waals surface area contributed by atoms with E-state index in [1.165, 1.54) is 7.11 Å². The van der Waals surface area contributed by atoms with Crippen LogP contribution in [0.25, 0.3) is 0 Å². The van der Waals surface area contributed by atoms with Gasteiger partial charge in [0.05, 0.1) is 7.11 Å². The maximum absolute atomic E-state index is 12.1. The maximum atomic E-state index is 12.1. The summed E-state index contributed by atoms with van der Waals surface area (Å²) < 4.78 is 5.97. The van der Waals surface area contributed by atoms with Crippen molar-refractivity contribution >= 4 is 27.6 Å². The number of esters is 1. The standard InChI is InChI=1S/C15H20BrNO2/c1-10(2)11-8-15(9-11,14(18)19-3)17-13-6-4-5-12(16)7-13/h4-7,10-11,17H,8-9H2,1-3H3. The molecule has 4 heteroatoms. The van der Waals surface area contributed by atoms with E-state index in [4.69, 9.17) is 4.74 Å². The minimum atomic E-state index is -0.551. The molecule has 1 fully saturated rings. The Kier molecular flexibility index (Phi) is 4.19. The molecule has 0 heterocycles. The Morgan fingerprint density at radius 2 is 2.16 bits per heavy atom. The first-order valence-corrected chi connectivity index (χ1v) is 7.38. The van der Waals surface area contributed by atoms with Crippen molar-refractivity contribution in [3.63, 3.8) is 0 Å². The van der Waals surface area contributed by atoms with E-state index in [1.807, 2.05) is 24.3 Å². The SMILES string of the molecule is COC(=O)C1(Nc2cccc(Br)c2)CC(C(C)C)C1. The number of anilines is 1. The van der Waals surface area contributed by atoms with Crippen molar-refractivity contribution in [2.45, 2.75) is 32.2 Å². The summed E-state index contributed by atoms with van der Waals surface area (Å²) in [4.78, 5) is 12.1. The number of halogens is 1. The molecular weight excluding hydrogens is 306 g/mol. The number of ether oxygens (including phenoxy) is 1. The molecule has 1 N–H and O–H groups in total. The molecule has 0 radical (unpaired) electrons. The molecule has 0 bridgehead atoms. The summed E-state index contributed by atoms with van der Waals surface area (Å²) in [6.07, 6.45) is 1.67. The number of carbonyl (C=O) groups is 1. The van der Waals surface area contributed by atoms with Crippen LogP contribution in [0.3, 0.4) is 0 Å². The molecule has 1 saturated carbocycles. The van der Waals surface area contributed by atoms with Gasteiger partial charge in [0.15, 0.2) is 0 Å². The molecule has 1 aliphatic carbocycles. The first kappa shape index (κ1) is 14.4. The van der Waals surface area contributed by atoms with Gasteiger partial charge in [-0.05, 0) is 42.9 Å². The Balaban J connectivity index is 2.15. The molecule has 2 rings (SSSR count). The van der Waals surface area contributed by atoms with E-state index >= 15 is 0 Å². The third-order valence-corrected chi connectivity index (χ3v) is 4.44. The predicted molar refractivity (Wildman–Crippen MR) is 80.1 cm³/mol. The number of carbonyl (C=O) groups excluding carboxylic acids is 1. The van der Waals surface area contributed by atoms with Gasteiger partial charge >= 0.3 is 5.97 Å². The predicted octanol–water partition coefficient (Wildman–Crippen LogP) is 3.84. The van der Waals surface area contributed by atoms with E-state index in [0.29, 0.717) is 11.8 Å². The van der Waals surface area contributed by atoms with Crippen LogP contribution < -0.4 is 5.32 Å². The number of nitrogens with one attached hydrogen (secondary N) is 1. The smallest absolute Gasteiger partial charge is 0.331 e. The highest BCUT2D eigenvalue weighted by atomic mass is 79.9. The average Bonchev–Trinajstić information content (AvgIpc) is 2.32. The van der Waals surface area contributed by atoms with Crippen molar-refractivity contribution in [3.8, 4) is 0 Å². The summed E-state index contributed by atoms with van der Waals surface area (Å²) >= 11 is 3.44. The van der Waals surface area contributed by atoms with Crippen molar-refractivity contribution < 1.29 is 9.53 Å². The molecule has 104 valence electrons. The molecular formula is C15H20BrNO2. The summed E-state index contributed by atoms with van der Waals surface area (Å²) in [7, 11) is 1.45. The number of hydrogen-bond acceptors (Lipinski definition) is 3. The van der Waals surface area contributed by atoms with Crippen molar-refractivity contribution in [1.29, 1.82) is 0 Å². The van der Waals surface area contributed by atoms with Gasteiger partial charge in [0, 0.05) is 10.2 Å². The third-order valence-electron chi connectivity index (χ3n) is 3.95. The van der Waals surface area contributed by atoms with Gasteiger partial charge in [0.1, 0.15) is 5.54 Å². The van der Waals surface area contributed by atoms with Crippen LogP contribution in [0.15, 0.2) is 28.7 Å². The fourth-order valence-corrected chi connectivity index (χ4v) is 3.06. The molecule has 0 unspecified atom stereocenters. The summed E-state index contributed by atoms with van der Waals surface area (Å²) in [5.74, 6) is 1.02. The molecule has 3 nitrogen and oxygen atoms in total. The zero-order chi connectivity index (χ0) is 14.0. The van der Waals surface area contributed by atoms with Crippen molar-refractivity contribution in [1.82, 2.24) is 0 Å². The molecule has 1 aromatic rings. The molecule has 0 saturated heterocycles. The second-order valence-corrected chi connectivity index (χ2v) is 6.54. The monoisotopic (exact) mass is 325 g/mol. The summed E-state index contributed by atoms with van der Waals surface area (Å²) in [6, 6.07) is 7.87. The number of methoxy groups -OCH3 is 1. The molecule has 0 aromatic heterocycles. The zero-order valence-electron chi connectivity index (χ0n) is 11.6. The van der Waals surface area contributed by atoms with Crippen molar-refractivity contribution in [2.24, 2.45) is 11.8 Å². The fourth-order valence-electron chi connectivity index (χ4n) is 2.66. The highest BCUT2D eigenvalue weighted by Crippen LogP contribution is 2.45. The Morgan fingerprint density at radius 1 is 1.47 bits per heavy atom. The second kappa shape index (κ2) is 5.53. The lowest BCUT2D eigenvalue weighted by molar-refractivity contribution is -0.151. The minimum absolute atomic E-state index is 0.163. The summed E-state index contributed by atoms with van der Waals surface area (Å²) in [5, 5.41) is 3.36. The van der Waals surface area contributed by atoms with Crippen LogP contribution in [0, 0.1) is 11.8 Å². The maximum Gasteiger partial charge on any atom is 0.331 e. The van der Waals surface area contributed by atoms with Crippen molar-refractivity contribution in [2.75, 3.05) is 12.4 Å². The normalized spacial score (nSPS) is 25.8. The van der Waals surface area contributed by atoms with E-state index in [2.05, 4.69) is 35.1 Å². The molecule has 0 aliphatic heterocycles. The molecule has 0 spiro atoms.